The molecular formula is C13H25BrN2O. The molecule has 0 bridgehead atoms. The Labute approximate surface area is 114 Å². The topological polar surface area (TPSA) is 15.7 Å². The maximum atomic E-state index is 5.38. The molecule has 3 nitrogen and oxygen atoms in total. The molecule has 0 aromatic rings. The fraction of sp³-hybridized carbons (Fsp3) is 1.00. The lowest BCUT2D eigenvalue weighted by Crippen LogP contribution is -2.44. The summed E-state index contributed by atoms with van der Waals surface area (Å²) in [7, 11) is 0. The summed E-state index contributed by atoms with van der Waals surface area (Å²) in [6.45, 7) is 9.19. The third-order valence-electron chi connectivity index (χ3n) is 3.96. The summed E-state index contributed by atoms with van der Waals surface area (Å²) in [5.74, 6) is 0.924. The molecule has 1 atom stereocenters. The van der Waals surface area contributed by atoms with Crippen LogP contribution in [0.4, 0.5) is 0 Å². The van der Waals surface area contributed by atoms with Gasteiger partial charge in [-0.05, 0) is 31.7 Å². The van der Waals surface area contributed by atoms with Crippen molar-refractivity contribution in [2.75, 3.05) is 57.8 Å². The van der Waals surface area contributed by atoms with E-state index in [4.69, 9.17) is 4.74 Å². The molecule has 4 heteroatoms. The lowest BCUT2D eigenvalue weighted by molar-refractivity contribution is 0.0308. The Morgan fingerprint density at radius 1 is 1.06 bits per heavy atom. The van der Waals surface area contributed by atoms with E-state index in [0.717, 1.165) is 37.6 Å². The quantitative estimate of drug-likeness (QED) is 0.721. The predicted octanol–water partition coefficient (Wildman–Crippen LogP) is 1.82. The van der Waals surface area contributed by atoms with Crippen molar-refractivity contribution in [3.05, 3.63) is 0 Å². The van der Waals surface area contributed by atoms with Gasteiger partial charge in [0.25, 0.3) is 0 Å². The van der Waals surface area contributed by atoms with Gasteiger partial charge in [0.1, 0.15) is 0 Å². The predicted molar refractivity (Wildman–Crippen MR) is 74.8 cm³/mol. The molecule has 0 spiro atoms. The first-order valence-corrected chi connectivity index (χ1v) is 8.09. The molecule has 1 unspecified atom stereocenters. The third-order valence-corrected chi connectivity index (χ3v) is 4.41. The SMILES string of the molecule is BrCCC1CCCN(CCN2CCOCC2)C1. The molecule has 2 fully saturated rings. The van der Waals surface area contributed by atoms with Gasteiger partial charge in [0.15, 0.2) is 0 Å². The van der Waals surface area contributed by atoms with Crippen LogP contribution in [0.1, 0.15) is 19.3 Å². The van der Waals surface area contributed by atoms with Crippen molar-refractivity contribution < 1.29 is 4.74 Å². The summed E-state index contributed by atoms with van der Waals surface area (Å²) in [5, 5.41) is 1.16. The number of morpholine rings is 1. The van der Waals surface area contributed by atoms with Crippen LogP contribution < -0.4 is 0 Å². The van der Waals surface area contributed by atoms with Crippen molar-refractivity contribution in [2.45, 2.75) is 19.3 Å². The zero-order chi connectivity index (χ0) is 11.9. The fourth-order valence-electron chi connectivity index (χ4n) is 2.85. The summed E-state index contributed by atoms with van der Waals surface area (Å²) in [6.07, 6.45) is 4.16. The average molecular weight is 305 g/mol. The number of piperidine rings is 1. The van der Waals surface area contributed by atoms with E-state index in [0.29, 0.717) is 0 Å². The summed E-state index contributed by atoms with van der Waals surface area (Å²) >= 11 is 3.57. The van der Waals surface area contributed by atoms with E-state index in [1.165, 1.54) is 45.4 Å². The first-order chi connectivity index (χ1) is 8.38. The van der Waals surface area contributed by atoms with Gasteiger partial charge in [-0.15, -0.1) is 0 Å². The summed E-state index contributed by atoms with van der Waals surface area (Å²) in [6, 6.07) is 0. The van der Waals surface area contributed by atoms with Gasteiger partial charge in [0.2, 0.25) is 0 Å². The molecule has 17 heavy (non-hydrogen) atoms. The second-order valence-electron chi connectivity index (χ2n) is 5.24. The standard InChI is InChI=1S/C13H25BrN2O/c14-4-3-13-2-1-5-16(12-13)7-6-15-8-10-17-11-9-15/h13H,1-12H2. The Bertz CT molecular complexity index is 208. The summed E-state index contributed by atoms with van der Waals surface area (Å²) in [4.78, 5) is 5.20. The van der Waals surface area contributed by atoms with Crippen LogP contribution in [-0.2, 0) is 4.74 Å². The van der Waals surface area contributed by atoms with Crippen LogP contribution in [-0.4, -0.2) is 67.6 Å². The molecule has 2 aliphatic rings. The van der Waals surface area contributed by atoms with E-state index in [1.807, 2.05) is 0 Å². The molecule has 0 N–H and O–H groups in total. The minimum atomic E-state index is 0.923. The molecule has 2 rings (SSSR count). The van der Waals surface area contributed by atoms with E-state index < -0.39 is 0 Å². The van der Waals surface area contributed by atoms with Crippen LogP contribution in [0.3, 0.4) is 0 Å². The van der Waals surface area contributed by atoms with Crippen molar-refractivity contribution >= 4 is 15.9 Å². The molecule has 0 aliphatic carbocycles. The molecule has 100 valence electrons. The van der Waals surface area contributed by atoms with Crippen LogP contribution in [0.25, 0.3) is 0 Å². The lowest BCUT2D eigenvalue weighted by atomic mass is 9.96. The lowest BCUT2D eigenvalue weighted by Gasteiger charge is -2.35. The first-order valence-electron chi connectivity index (χ1n) is 6.97. The monoisotopic (exact) mass is 304 g/mol. The van der Waals surface area contributed by atoms with Crippen molar-refractivity contribution in [2.24, 2.45) is 5.92 Å². The molecule has 0 amide bonds. The van der Waals surface area contributed by atoms with Gasteiger partial charge in [0.05, 0.1) is 13.2 Å². The number of nitrogens with zero attached hydrogens (tertiary/aromatic N) is 2. The highest BCUT2D eigenvalue weighted by Crippen LogP contribution is 2.20. The normalized spacial score (nSPS) is 28.4. The average Bonchev–Trinajstić information content (AvgIpc) is 2.39. The largest absolute Gasteiger partial charge is 0.379 e. The summed E-state index contributed by atoms with van der Waals surface area (Å²) in [5.41, 5.74) is 0. The number of alkyl halides is 1. The highest BCUT2D eigenvalue weighted by Gasteiger charge is 2.20. The Hall–Kier alpha value is 0.360. The van der Waals surface area contributed by atoms with Crippen molar-refractivity contribution in [3.8, 4) is 0 Å². The number of hydrogen-bond acceptors (Lipinski definition) is 3. The van der Waals surface area contributed by atoms with Crippen molar-refractivity contribution in [1.82, 2.24) is 9.80 Å². The van der Waals surface area contributed by atoms with Gasteiger partial charge < -0.3 is 9.64 Å². The highest BCUT2D eigenvalue weighted by atomic mass is 79.9. The fourth-order valence-corrected chi connectivity index (χ4v) is 3.50. The van der Waals surface area contributed by atoms with Gasteiger partial charge in [-0.1, -0.05) is 15.9 Å². The van der Waals surface area contributed by atoms with Crippen molar-refractivity contribution in [1.29, 1.82) is 0 Å². The van der Waals surface area contributed by atoms with Gasteiger partial charge in [0, 0.05) is 38.1 Å². The Morgan fingerprint density at radius 2 is 1.82 bits per heavy atom. The van der Waals surface area contributed by atoms with Gasteiger partial charge in [-0.2, -0.15) is 0 Å². The Balaban J connectivity index is 1.64. The molecule has 2 heterocycles. The number of ether oxygens (including phenoxy) is 1. The Kier molecular flexibility index (Phi) is 6.26. The second-order valence-corrected chi connectivity index (χ2v) is 6.03. The smallest absolute Gasteiger partial charge is 0.0594 e. The molecule has 0 aromatic heterocycles. The molecular weight excluding hydrogens is 280 g/mol. The van der Waals surface area contributed by atoms with E-state index in [-0.39, 0.29) is 0 Å². The third kappa shape index (κ3) is 4.86. The van der Waals surface area contributed by atoms with Crippen molar-refractivity contribution in [3.63, 3.8) is 0 Å². The van der Waals surface area contributed by atoms with E-state index in [1.54, 1.807) is 0 Å². The van der Waals surface area contributed by atoms with Crippen LogP contribution >= 0.6 is 15.9 Å². The van der Waals surface area contributed by atoms with Crippen LogP contribution in [0.15, 0.2) is 0 Å². The maximum absolute atomic E-state index is 5.38. The minimum absolute atomic E-state index is 0.923. The first kappa shape index (κ1) is 13.8. The molecule has 2 aliphatic heterocycles. The van der Waals surface area contributed by atoms with Gasteiger partial charge >= 0.3 is 0 Å². The zero-order valence-electron chi connectivity index (χ0n) is 10.7. The van der Waals surface area contributed by atoms with Crippen LogP contribution in [0.2, 0.25) is 0 Å². The highest BCUT2D eigenvalue weighted by molar-refractivity contribution is 9.09. The molecule has 0 aromatic carbocycles. The number of rotatable bonds is 5. The van der Waals surface area contributed by atoms with E-state index >= 15 is 0 Å². The van der Waals surface area contributed by atoms with E-state index in [2.05, 4.69) is 25.7 Å². The van der Waals surface area contributed by atoms with Gasteiger partial charge in [-0.25, -0.2) is 0 Å². The van der Waals surface area contributed by atoms with Crippen LogP contribution in [0, 0.1) is 5.92 Å². The Morgan fingerprint density at radius 3 is 2.59 bits per heavy atom. The van der Waals surface area contributed by atoms with Gasteiger partial charge in [-0.3, -0.25) is 4.90 Å². The number of likely N-dealkylation sites (tertiary alicyclic amines) is 1. The summed E-state index contributed by atoms with van der Waals surface area (Å²) < 4.78 is 5.38. The number of halogens is 1. The number of hydrogen-bond donors (Lipinski definition) is 0. The minimum Gasteiger partial charge on any atom is -0.379 e. The zero-order valence-corrected chi connectivity index (χ0v) is 12.3. The van der Waals surface area contributed by atoms with E-state index in [9.17, 15) is 0 Å². The van der Waals surface area contributed by atoms with Crippen LogP contribution in [0.5, 0.6) is 0 Å². The molecule has 2 saturated heterocycles. The molecule has 0 radical (unpaired) electrons. The maximum Gasteiger partial charge on any atom is 0.0594 e. The second kappa shape index (κ2) is 7.72. The molecule has 0 saturated carbocycles.